The van der Waals surface area contributed by atoms with E-state index in [0.29, 0.717) is 11.7 Å². The maximum absolute atomic E-state index is 12.9. The highest BCUT2D eigenvalue weighted by Gasteiger charge is 2.37. The topological polar surface area (TPSA) is 57.5 Å². The number of para-hydroxylation sites is 1. The number of carbonyl (C=O) groups excluding carboxylic acids is 1. The lowest BCUT2D eigenvalue weighted by atomic mass is 10.0. The van der Waals surface area contributed by atoms with E-state index in [1.54, 1.807) is 4.68 Å². The Kier molecular flexibility index (Phi) is 4.24. The zero-order chi connectivity index (χ0) is 19.1. The summed E-state index contributed by atoms with van der Waals surface area (Å²) in [5.41, 5.74) is 1.56. The lowest BCUT2D eigenvalue weighted by Crippen LogP contribution is -2.64. The first-order valence-corrected chi connectivity index (χ1v) is 9.82. The number of pyridine rings is 1. The van der Waals surface area contributed by atoms with Crippen LogP contribution in [0, 0.1) is 0 Å². The number of hydrogen-bond donors (Lipinski definition) is 0. The number of carbonyl (C=O) groups is 1. The molecule has 0 spiro atoms. The van der Waals surface area contributed by atoms with E-state index in [9.17, 15) is 4.79 Å². The molecule has 2 aromatic heterocycles. The second-order valence-electron chi connectivity index (χ2n) is 7.56. The fourth-order valence-corrected chi connectivity index (χ4v) is 4.23. The molecule has 5 rings (SSSR count). The van der Waals surface area contributed by atoms with Crippen LogP contribution in [0.3, 0.4) is 0 Å². The Morgan fingerprint density at radius 3 is 2.50 bits per heavy atom. The summed E-state index contributed by atoms with van der Waals surface area (Å²) in [6.45, 7) is 5.55. The van der Waals surface area contributed by atoms with Crippen LogP contribution in [0.15, 0.2) is 48.7 Å². The van der Waals surface area contributed by atoms with Crippen LogP contribution in [0.5, 0.6) is 0 Å². The zero-order valence-corrected chi connectivity index (χ0v) is 16.0. The number of likely N-dealkylation sites (tertiary alicyclic amines) is 1. The summed E-state index contributed by atoms with van der Waals surface area (Å²) in [6.07, 6.45) is 1.85. The molecule has 0 bridgehead atoms. The predicted molar refractivity (Wildman–Crippen MR) is 108 cm³/mol. The molecule has 4 heterocycles. The van der Waals surface area contributed by atoms with E-state index in [1.165, 1.54) is 0 Å². The van der Waals surface area contributed by atoms with Crippen molar-refractivity contribution in [1.29, 1.82) is 0 Å². The first kappa shape index (κ1) is 17.2. The molecule has 3 aromatic rings. The Labute approximate surface area is 164 Å². The second-order valence-corrected chi connectivity index (χ2v) is 7.56. The van der Waals surface area contributed by atoms with Crippen molar-refractivity contribution in [2.24, 2.45) is 7.05 Å². The van der Waals surface area contributed by atoms with Crippen molar-refractivity contribution in [1.82, 2.24) is 24.6 Å². The lowest BCUT2D eigenvalue weighted by Gasteiger charge is -2.48. The average molecular weight is 376 g/mol. The molecule has 7 heteroatoms. The van der Waals surface area contributed by atoms with Gasteiger partial charge in [-0.3, -0.25) is 14.4 Å². The van der Waals surface area contributed by atoms with Crippen LogP contribution >= 0.6 is 0 Å². The molecule has 144 valence electrons. The number of fused-ring (bicyclic) bond motifs is 1. The van der Waals surface area contributed by atoms with Crippen molar-refractivity contribution < 1.29 is 4.79 Å². The summed E-state index contributed by atoms with van der Waals surface area (Å²) in [5, 5.41) is 5.40. The first-order chi connectivity index (χ1) is 13.7. The van der Waals surface area contributed by atoms with Crippen LogP contribution in [0.2, 0.25) is 0 Å². The lowest BCUT2D eigenvalue weighted by molar-refractivity contribution is 0.0243. The molecule has 2 saturated heterocycles. The number of amides is 1. The fraction of sp³-hybridized carbons (Fsp3) is 0.381. The van der Waals surface area contributed by atoms with Gasteiger partial charge in [-0.05, 0) is 18.2 Å². The van der Waals surface area contributed by atoms with E-state index in [4.69, 9.17) is 0 Å². The molecule has 0 saturated carbocycles. The van der Waals surface area contributed by atoms with Crippen molar-refractivity contribution in [3.05, 3.63) is 54.4 Å². The Hall–Kier alpha value is -2.93. The molecular formula is C21H24N6O. The molecule has 0 aliphatic carbocycles. The normalized spacial score (nSPS) is 18.5. The number of anilines is 1. The molecule has 0 unspecified atom stereocenters. The minimum atomic E-state index is 0.0418. The largest absolute Gasteiger partial charge is 0.354 e. The van der Waals surface area contributed by atoms with E-state index < -0.39 is 0 Å². The quantitative estimate of drug-likeness (QED) is 0.695. The molecule has 0 N–H and O–H groups in total. The van der Waals surface area contributed by atoms with Crippen LogP contribution in [-0.2, 0) is 7.05 Å². The van der Waals surface area contributed by atoms with Crippen LogP contribution < -0.4 is 4.90 Å². The Bertz CT molecular complexity index is 987. The number of nitrogens with zero attached hydrogens (tertiary/aromatic N) is 6. The van der Waals surface area contributed by atoms with Crippen LogP contribution in [0.25, 0.3) is 10.9 Å². The van der Waals surface area contributed by atoms with Gasteiger partial charge in [0.25, 0.3) is 5.91 Å². The minimum absolute atomic E-state index is 0.0418. The summed E-state index contributed by atoms with van der Waals surface area (Å²) in [4.78, 5) is 24.1. The highest BCUT2D eigenvalue weighted by molar-refractivity contribution is 6.05. The van der Waals surface area contributed by atoms with Crippen LogP contribution in [-0.4, -0.2) is 75.8 Å². The van der Waals surface area contributed by atoms with Gasteiger partial charge in [0.1, 0.15) is 5.82 Å². The van der Waals surface area contributed by atoms with Crippen LogP contribution in [0.4, 0.5) is 5.82 Å². The number of aryl methyl sites for hydroxylation is 1. The van der Waals surface area contributed by atoms with E-state index in [1.807, 2.05) is 54.5 Å². The average Bonchev–Trinajstić information content (AvgIpc) is 3.05. The van der Waals surface area contributed by atoms with Gasteiger partial charge in [0.2, 0.25) is 0 Å². The molecule has 7 nitrogen and oxygen atoms in total. The molecule has 2 aliphatic heterocycles. The van der Waals surface area contributed by atoms with Crippen LogP contribution in [0.1, 0.15) is 10.5 Å². The van der Waals surface area contributed by atoms with Gasteiger partial charge < -0.3 is 9.80 Å². The van der Waals surface area contributed by atoms with E-state index >= 15 is 0 Å². The van der Waals surface area contributed by atoms with Crippen molar-refractivity contribution in [3.8, 4) is 0 Å². The SMILES string of the molecule is Cn1nc(C(=O)N2CC(N3CCN(c4ccccn4)CC3)C2)c2ccccc21. The molecule has 2 aliphatic rings. The van der Waals surface area contributed by atoms with Gasteiger partial charge >= 0.3 is 0 Å². The maximum Gasteiger partial charge on any atom is 0.275 e. The van der Waals surface area contributed by atoms with Gasteiger partial charge in [0, 0.05) is 63.9 Å². The summed E-state index contributed by atoms with van der Waals surface area (Å²) in [6, 6.07) is 14.4. The predicted octanol–water partition coefficient (Wildman–Crippen LogP) is 1.61. The van der Waals surface area contributed by atoms with E-state index in [0.717, 1.165) is 56.0 Å². The molecule has 2 fully saturated rings. The minimum Gasteiger partial charge on any atom is -0.354 e. The van der Waals surface area contributed by atoms with E-state index in [-0.39, 0.29) is 5.91 Å². The fourth-order valence-electron chi connectivity index (χ4n) is 4.23. The highest BCUT2D eigenvalue weighted by atomic mass is 16.2. The smallest absolute Gasteiger partial charge is 0.275 e. The summed E-state index contributed by atoms with van der Waals surface area (Å²) < 4.78 is 1.79. The Morgan fingerprint density at radius 1 is 1.00 bits per heavy atom. The maximum atomic E-state index is 12.9. The van der Waals surface area contributed by atoms with E-state index in [2.05, 4.69) is 25.9 Å². The molecular weight excluding hydrogens is 352 g/mol. The van der Waals surface area contributed by atoms with Gasteiger partial charge in [-0.2, -0.15) is 5.10 Å². The number of hydrogen-bond acceptors (Lipinski definition) is 5. The van der Waals surface area contributed by atoms with Crippen molar-refractivity contribution in [3.63, 3.8) is 0 Å². The highest BCUT2D eigenvalue weighted by Crippen LogP contribution is 2.24. The summed E-state index contributed by atoms with van der Waals surface area (Å²) >= 11 is 0. The van der Waals surface area contributed by atoms with Crippen molar-refractivity contribution in [2.75, 3.05) is 44.2 Å². The molecule has 0 radical (unpaired) electrons. The Balaban J connectivity index is 1.19. The third-order valence-electron chi connectivity index (χ3n) is 5.91. The first-order valence-electron chi connectivity index (χ1n) is 9.82. The molecule has 28 heavy (non-hydrogen) atoms. The van der Waals surface area contributed by atoms with Gasteiger partial charge in [-0.15, -0.1) is 0 Å². The summed E-state index contributed by atoms with van der Waals surface area (Å²) in [5.74, 6) is 1.09. The third-order valence-corrected chi connectivity index (χ3v) is 5.91. The third kappa shape index (κ3) is 2.92. The zero-order valence-electron chi connectivity index (χ0n) is 16.0. The number of rotatable bonds is 3. The van der Waals surface area contributed by atoms with Crippen molar-refractivity contribution >= 4 is 22.6 Å². The number of aromatic nitrogens is 3. The van der Waals surface area contributed by atoms with Gasteiger partial charge in [-0.1, -0.05) is 24.3 Å². The van der Waals surface area contributed by atoms with Gasteiger partial charge in [0.05, 0.1) is 5.52 Å². The number of piperazine rings is 1. The molecule has 0 atom stereocenters. The molecule has 1 aromatic carbocycles. The molecule has 1 amide bonds. The van der Waals surface area contributed by atoms with Crippen molar-refractivity contribution in [2.45, 2.75) is 6.04 Å². The Morgan fingerprint density at radius 2 is 1.75 bits per heavy atom. The second kappa shape index (κ2) is 6.91. The standard InChI is InChI=1S/C21H24N6O/c1-24-18-7-3-2-6-17(18)20(23-24)21(28)27-14-16(15-27)25-10-12-26(13-11-25)19-8-4-5-9-22-19/h2-9,16H,10-15H2,1H3. The van der Waals surface area contributed by atoms with Gasteiger partial charge in [0.15, 0.2) is 5.69 Å². The monoisotopic (exact) mass is 376 g/mol. The van der Waals surface area contributed by atoms with Gasteiger partial charge in [-0.25, -0.2) is 4.98 Å². The number of benzene rings is 1. The summed E-state index contributed by atoms with van der Waals surface area (Å²) in [7, 11) is 1.89.